The maximum absolute atomic E-state index is 12.7. The quantitative estimate of drug-likeness (QED) is 0.682. The van der Waals surface area contributed by atoms with E-state index in [0.29, 0.717) is 17.7 Å². The number of halogens is 2. The number of aromatic nitrogens is 2. The highest BCUT2D eigenvalue weighted by molar-refractivity contribution is 5.90. The molecular weight excluding hydrogens is 352 g/mol. The van der Waals surface area contributed by atoms with Gasteiger partial charge in [0.25, 0.3) is 0 Å². The molecule has 1 heterocycles. The lowest BCUT2D eigenvalue weighted by atomic mass is 10.0. The first-order chi connectivity index (χ1) is 13.0. The topological polar surface area (TPSA) is 56.2 Å². The van der Waals surface area contributed by atoms with Crippen molar-refractivity contribution >= 4 is 11.6 Å². The van der Waals surface area contributed by atoms with Crippen molar-refractivity contribution < 1.29 is 18.3 Å². The lowest BCUT2D eigenvalue weighted by Gasteiger charge is -2.13. The maximum atomic E-state index is 12.7. The average molecular weight is 371 g/mol. The third kappa shape index (κ3) is 5.37. The van der Waals surface area contributed by atoms with E-state index in [1.54, 1.807) is 24.5 Å². The van der Waals surface area contributed by atoms with Crippen molar-refractivity contribution in [1.29, 1.82) is 0 Å². The Morgan fingerprint density at radius 1 is 1.22 bits per heavy atom. The zero-order valence-electron chi connectivity index (χ0n) is 14.7. The van der Waals surface area contributed by atoms with E-state index in [1.807, 2.05) is 37.3 Å². The first-order valence-corrected chi connectivity index (χ1v) is 8.40. The molecule has 140 valence electrons. The third-order valence-corrected chi connectivity index (χ3v) is 3.87. The number of anilines is 1. The largest absolute Gasteiger partial charge is 0.435 e. The molecule has 1 N–H and O–H groups in total. The molecule has 0 fully saturated rings. The number of rotatable bonds is 7. The Hall–Kier alpha value is -3.22. The minimum absolute atomic E-state index is 0.0666. The van der Waals surface area contributed by atoms with Gasteiger partial charge in [-0.25, -0.2) is 0 Å². The van der Waals surface area contributed by atoms with Gasteiger partial charge in [0.05, 0.1) is 6.20 Å². The normalized spacial score (nSPS) is 10.8. The van der Waals surface area contributed by atoms with E-state index in [9.17, 15) is 13.6 Å². The summed E-state index contributed by atoms with van der Waals surface area (Å²) in [6.07, 6.45) is 3.84. The van der Waals surface area contributed by atoms with Gasteiger partial charge >= 0.3 is 6.61 Å². The van der Waals surface area contributed by atoms with Crippen molar-refractivity contribution in [3.63, 3.8) is 0 Å². The SMILES string of the molecule is Cc1cnn(CC(=O)Nc2ccc(OC(F)F)c(Cc3ccccc3)c2)c1. The number of hydrogen-bond donors (Lipinski definition) is 1. The summed E-state index contributed by atoms with van der Waals surface area (Å²) in [6, 6.07) is 14.1. The highest BCUT2D eigenvalue weighted by Gasteiger charge is 2.13. The van der Waals surface area contributed by atoms with Gasteiger partial charge in [0.15, 0.2) is 0 Å². The average Bonchev–Trinajstić information content (AvgIpc) is 3.02. The summed E-state index contributed by atoms with van der Waals surface area (Å²) in [4.78, 5) is 12.2. The molecule has 3 aromatic rings. The van der Waals surface area contributed by atoms with E-state index in [4.69, 9.17) is 0 Å². The van der Waals surface area contributed by atoms with Gasteiger partial charge < -0.3 is 10.1 Å². The standard InChI is InChI=1S/C20H19F2N3O2/c1-14-11-23-25(12-14)13-19(26)24-17-7-8-18(27-20(21)22)16(10-17)9-15-5-3-2-4-6-15/h2-8,10-12,20H,9,13H2,1H3,(H,24,26). The molecule has 0 atom stereocenters. The van der Waals surface area contributed by atoms with Crippen LogP contribution in [0, 0.1) is 6.92 Å². The molecule has 0 aliphatic rings. The van der Waals surface area contributed by atoms with Gasteiger partial charge in [-0.1, -0.05) is 30.3 Å². The number of carbonyl (C=O) groups is 1. The number of benzene rings is 2. The monoisotopic (exact) mass is 371 g/mol. The second-order valence-electron chi connectivity index (χ2n) is 6.13. The van der Waals surface area contributed by atoms with E-state index < -0.39 is 6.61 Å². The van der Waals surface area contributed by atoms with Crippen LogP contribution >= 0.6 is 0 Å². The Bertz CT molecular complexity index is 911. The molecule has 0 spiro atoms. The fourth-order valence-electron chi connectivity index (χ4n) is 2.72. The highest BCUT2D eigenvalue weighted by Crippen LogP contribution is 2.27. The van der Waals surface area contributed by atoms with Crippen LogP contribution in [0.5, 0.6) is 5.75 Å². The number of aryl methyl sites for hydroxylation is 1. The van der Waals surface area contributed by atoms with Gasteiger partial charge in [0, 0.05) is 23.9 Å². The first kappa shape index (κ1) is 18.6. The summed E-state index contributed by atoms with van der Waals surface area (Å²) in [6.45, 7) is -0.959. The van der Waals surface area contributed by atoms with Crippen LogP contribution < -0.4 is 10.1 Å². The fraction of sp³-hybridized carbons (Fsp3) is 0.200. The van der Waals surface area contributed by atoms with Crippen molar-refractivity contribution in [2.45, 2.75) is 26.5 Å². The first-order valence-electron chi connectivity index (χ1n) is 8.40. The van der Waals surface area contributed by atoms with Crippen LogP contribution in [-0.4, -0.2) is 22.3 Å². The molecule has 0 radical (unpaired) electrons. The Morgan fingerprint density at radius 3 is 2.67 bits per heavy atom. The molecule has 0 aliphatic carbocycles. The van der Waals surface area contributed by atoms with E-state index in [1.165, 1.54) is 10.7 Å². The summed E-state index contributed by atoms with van der Waals surface area (Å²) >= 11 is 0. The highest BCUT2D eigenvalue weighted by atomic mass is 19.3. The molecule has 5 nitrogen and oxygen atoms in total. The number of nitrogens with one attached hydrogen (secondary N) is 1. The lowest BCUT2D eigenvalue weighted by Crippen LogP contribution is -2.19. The van der Waals surface area contributed by atoms with Gasteiger partial charge in [-0.2, -0.15) is 13.9 Å². The van der Waals surface area contributed by atoms with Gasteiger partial charge in [0.1, 0.15) is 12.3 Å². The number of carbonyl (C=O) groups excluding carboxylic acids is 1. The van der Waals surface area contributed by atoms with Crippen LogP contribution in [0.3, 0.4) is 0 Å². The molecule has 0 saturated carbocycles. The molecule has 1 aromatic heterocycles. The minimum Gasteiger partial charge on any atom is -0.435 e. The van der Waals surface area contributed by atoms with Crippen molar-refractivity contribution in [2.24, 2.45) is 0 Å². The van der Waals surface area contributed by atoms with E-state index in [0.717, 1.165) is 11.1 Å². The summed E-state index contributed by atoms with van der Waals surface area (Å²) < 4.78 is 31.5. The summed E-state index contributed by atoms with van der Waals surface area (Å²) in [5, 5.41) is 6.83. The molecule has 0 bridgehead atoms. The lowest BCUT2D eigenvalue weighted by molar-refractivity contribution is -0.116. The number of amides is 1. The van der Waals surface area contributed by atoms with E-state index in [2.05, 4.69) is 15.2 Å². The number of ether oxygens (including phenoxy) is 1. The predicted molar refractivity (Wildman–Crippen MR) is 97.9 cm³/mol. The summed E-state index contributed by atoms with van der Waals surface area (Å²) in [7, 11) is 0. The Labute approximate surface area is 155 Å². The molecule has 3 rings (SSSR count). The number of hydrogen-bond acceptors (Lipinski definition) is 3. The van der Waals surface area contributed by atoms with Crippen molar-refractivity contribution in [3.8, 4) is 5.75 Å². The summed E-state index contributed by atoms with van der Waals surface area (Å²) in [5.41, 5.74) is 2.99. The Kier molecular flexibility index (Phi) is 5.80. The number of alkyl halides is 2. The van der Waals surface area contributed by atoms with Crippen molar-refractivity contribution in [2.75, 3.05) is 5.32 Å². The van der Waals surface area contributed by atoms with Gasteiger partial charge in [-0.05, 0) is 36.2 Å². The van der Waals surface area contributed by atoms with Crippen LogP contribution in [0.4, 0.5) is 14.5 Å². The Balaban J connectivity index is 1.77. The maximum Gasteiger partial charge on any atom is 0.387 e. The van der Waals surface area contributed by atoms with Gasteiger partial charge in [-0.15, -0.1) is 0 Å². The van der Waals surface area contributed by atoms with E-state index in [-0.39, 0.29) is 18.2 Å². The van der Waals surface area contributed by atoms with Gasteiger partial charge in [-0.3, -0.25) is 9.48 Å². The number of nitrogens with zero attached hydrogens (tertiary/aromatic N) is 2. The molecular formula is C20H19F2N3O2. The van der Waals surface area contributed by atoms with Crippen LogP contribution in [0.2, 0.25) is 0 Å². The predicted octanol–water partition coefficient (Wildman–Crippen LogP) is 4.02. The molecule has 27 heavy (non-hydrogen) atoms. The van der Waals surface area contributed by atoms with Crippen LogP contribution in [0.1, 0.15) is 16.7 Å². The molecule has 2 aromatic carbocycles. The third-order valence-electron chi connectivity index (χ3n) is 3.87. The molecule has 1 amide bonds. The van der Waals surface area contributed by atoms with E-state index >= 15 is 0 Å². The van der Waals surface area contributed by atoms with Crippen LogP contribution in [0.15, 0.2) is 60.9 Å². The van der Waals surface area contributed by atoms with Crippen molar-refractivity contribution in [1.82, 2.24) is 9.78 Å². The molecule has 7 heteroatoms. The van der Waals surface area contributed by atoms with Gasteiger partial charge in [0.2, 0.25) is 5.91 Å². The second-order valence-corrected chi connectivity index (χ2v) is 6.13. The second kappa shape index (κ2) is 8.44. The summed E-state index contributed by atoms with van der Waals surface area (Å²) in [5.74, 6) is -0.166. The smallest absolute Gasteiger partial charge is 0.387 e. The minimum atomic E-state index is -2.91. The zero-order valence-corrected chi connectivity index (χ0v) is 14.7. The van der Waals surface area contributed by atoms with Crippen molar-refractivity contribution in [3.05, 3.63) is 77.6 Å². The molecule has 0 unspecified atom stereocenters. The zero-order chi connectivity index (χ0) is 19.2. The van der Waals surface area contributed by atoms with Crippen LogP contribution in [-0.2, 0) is 17.8 Å². The molecule has 0 saturated heterocycles. The Morgan fingerprint density at radius 2 is 2.00 bits per heavy atom. The fourth-order valence-corrected chi connectivity index (χ4v) is 2.72. The molecule has 0 aliphatic heterocycles. The van der Waals surface area contributed by atoms with Crippen LogP contribution in [0.25, 0.3) is 0 Å².